The summed E-state index contributed by atoms with van der Waals surface area (Å²) in [5.74, 6) is -0.975. The number of esters is 1. The molecule has 162 valence electrons. The molecule has 7 nitrogen and oxygen atoms in total. The molecule has 0 radical (unpaired) electrons. The number of aryl methyl sites for hydroxylation is 1. The minimum absolute atomic E-state index is 0.299. The maximum absolute atomic E-state index is 12.8. The van der Waals surface area contributed by atoms with Crippen LogP contribution in [0.3, 0.4) is 0 Å². The maximum atomic E-state index is 12.8. The highest BCUT2D eigenvalue weighted by molar-refractivity contribution is 9.10. The molecule has 0 aliphatic heterocycles. The Hall–Kier alpha value is -3.52. The van der Waals surface area contributed by atoms with Crippen molar-refractivity contribution in [2.24, 2.45) is 0 Å². The lowest BCUT2D eigenvalue weighted by molar-refractivity contribution is -0.143. The first-order valence-electron chi connectivity index (χ1n) is 9.93. The van der Waals surface area contributed by atoms with Gasteiger partial charge in [0.05, 0.1) is 17.2 Å². The van der Waals surface area contributed by atoms with Gasteiger partial charge in [0.1, 0.15) is 6.54 Å². The molecule has 8 heteroatoms. The fourth-order valence-electron chi connectivity index (χ4n) is 3.73. The average Bonchev–Trinajstić information content (AvgIpc) is 3.08. The van der Waals surface area contributed by atoms with Gasteiger partial charge >= 0.3 is 5.97 Å². The average molecular weight is 494 g/mol. The Balaban J connectivity index is 1.49. The molecule has 32 heavy (non-hydrogen) atoms. The van der Waals surface area contributed by atoms with E-state index < -0.39 is 18.1 Å². The van der Waals surface area contributed by atoms with Crippen LogP contribution in [0.15, 0.2) is 70.1 Å². The van der Waals surface area contributed by atoms with E-state index in [2.05, 4.69) is 20.9 Å². The highest BCUT2D eigenvalue weighted by Crippen LogP contribution is 2.23. The molecule has 2 aromatic heterocycles. The molecule has 0 atom stereocenters. The molecular formula is C24H20BrN3O4. The van der Waals surface area contributed by atoms with Crippen LogP contribution in [0, 0.1) is 13.8 Å². The van der Waals surface area contributed by atoms with E-state index in [-0.39, 0.29) is 12.3 Å². The van der Waals surface area contributed by atoms with Crippen LogP contribution in [-0.4, -0.2) is 32.5 Å². The topological polar surface area (TPSA) is 83.2 Å². The van der Waals surface area contributed by atoms with E-state index in [0.29, 0.717) is 16.6 Å². The van der Waals surface area contributed by atoms with Crippen molar-refractivity contribution < 1.29 is 14.3 Å². The summed E-state index contributed by atoms with van der Waals surface area (Å²) in [5.41, 5.74) is 3.78. The molecule has 0 saturated carbocycles. The van der Waals surface area contributed by atoms with Gasteiger partial charge in [0.25, 0.3) is 5.56 Å². The zero-order chi connectivity index (χ0) is 22.8. The highest BCUT2D eigenvalue weighted by atomic mass is 79.9. The van der Waals surface area contributed by atoms with Crippen LogP contribution in [0.2, 0.25) is 0 Å². The molecule has 0 spiro atoms. The lowest BCUT2D eigenvalue weighted by Crippen LogP contribution is -2.27. The lowest BCUT2D eigenvalue weighted by Gasteiger charge is -2.11. The molecule has 0 saturated heterocycles. The first-order chi connectivity index (χ1) is 15.3. The van der Waals surface area contributed by atoms with Gasteiger partial charge in [-0.1, -0.05) is 34.1 Å². The van der Waals surface area contributed by atoms with Crippen LogP contribution in [0.25, 0.3) is 16.7 Å². The van der Waals surface area contributed by atoms with E-state index in [1.165, 1.54) is 4.57 Å². The van der Waals surface area contributed by atoms with Gasteiger partial charge in [0, 0.05) is 27.1 Å². The molecule has 0 aliphatic carbocycles. The SMILES string of the molecule is Cc1cc(C(=O)COC(=O)Cn2c(=O)cnc3ccccc32)c(C)n1-c1cccc(Br)c1. The van der Waals surface area contributed by atoms with Crippen LogP contribution in [0.1, 0.15) is 21.7 Å². The number of ketones is 1. The zero-order valence-electron chi connectivity index (χ0n) is 17.5. The summed E-state index contributed by atoms with van der Waals surface area (Å²) in [6.45, 7) is 3.06. The Kier molecular flexibility index (Phi) is 6.05. The second-order valence-corrected chi connectivity index (χ2v) is 8.27. The largest absolute Gasteiger partial charge is 0.456 e. The molecule has 4 rings (SSSR count). The smallest absolute Gasteiger partial charge is 0.326 e. The summed E-state index contributed by atoms with van der Waals surface area (Å²) in [7, 11) is 0. The van der Waals surface area contributed by atoms with Gasteiger partial charge < -0.3 is 9.30 Å². The Labute approximate surface area is 192 Å². The second-order valence-electron chi connectivity index (χ2n) is 7.36. The third kappa shape index (κ3) is 4.27. The number of ether oxygens (including phenoxy) is 1. The molecule has 0 bridgehead atoms. The molecular weight excluding hydrogens is 474 g/mol. The predicted molar refractivity (Wildman–Crippen MR) is 124 cm³/mol. The zero-order valence-corrected chi connectivity index (χ0v) is 19.1. The van der Waals surface area contributed by atoms with Gasteiger partial charge in [-0.05, 0) is 50.2 Å². The van der Waals surface area contributed by atoms with Crippen LogP contribution >= 0.6 is 15.9 Å². The van der Waals surface area contributed by atoms with Gasteiger partial charge in [-0.25, -0.2) is 4.98 Å². The monoisotopic (exact) mass is 493 g/mol. The quantitative estimate of drug-likeness (QED) is 0.299. The van der Waals surface area contributed by atoms with Crippen molar-refractivity contribution in [3.8, 4) is 5.69 Å². The summed E-state index contributed by atoms with van der Waals surface area (Å²) in [6.07, 6.45) is 1.16. The normalized spacial score (nSPS) is 11.0. The van der Waals surface area contributed by atoms with E-state index in [0.717, 1.165) is 27.7 Å². The number of nitrogens with zero attached hydrogens (tertiary/aromatic N) is 3. The van der Waals surface area contributed by atoms with Crippen molar-refractivity contribution in [1.29, 1.82) is 0 Å². The number of para-hydroxylation sites is 2. The second kappa shape index (κ2) is 8.92. The molecule has 0 fully saturated rings. The van der Waals surface area contributed by atoms with Crippen molar-refractivity contribution in [3.05, 3.63) is 92.6 Å². The van der Waals surface area contributed by atoms with Crippen molar-refractivity contribution in [2.45, 2.75) is 20.4 Å². The van der Waals surface area contributed by atoms with Crippen LogP contribution in [-0.2, 0) is 16.1 Å². The van der Waals surface area contributed by atoms with E-state index in [1.807, 2.05) is 42.7 Å². The molecule has 2 heterocycles. The van der Waals surface area contributed by atoms with E-state index in [9.17, 15) is 14.4 Å². The number of carbonyl (C=O) groups is 2. The number of hydrogen-bond donors (Lipinski definition) is 0. The molecule has 0 amide bonds. The van der Waals surface area contributed by atoms with E-state index >= 15 is 0 Å². The fourth-order valence-corrected chi connectivity index (χ4v) is 4.12. The third-order valence-corrected chi connectivity index (χ3v) is 5.70. The minimum Gasteiger partial charge on any atom is -0.456 e. The minimum atomic E-state index is -0.669. The van der Waals surface area contributed by atoms with E-state index in [4.69, 9.17) is 4.74 Å². The Morgan fingerprint density at radius 2 is 1.84 bits per heavy atom. The lowest BCUT2D eigenvalue weighted by atomic mass is 10.1. The summed E-state index contributed by atoms with van der Waals surface area (Å²) in [6, 6.07) is 16.6. The number of carbonyl (C=O) groups excluding carboxylic acids is 2. The Bertz CT molecular complexity index is 1400. The first kappa shape index (κ1) is 21.7. The molecule has 4 aromatic rings. The summed E-state index contributed by atoms with van der Waals surface area (Å²) in [4.78, 5) is 41.4. The van der Waals surface area contributed by atoms with Crippen molar-refractivity contribution in [3.63, 3.8) is 0 Å². The van der Waals surface area contributed by atoms with Gasteiger partial charge in [-0.3, -0.25) is 19.0 Å². The fraction of sp³-hybridized carbons (Fsp3) is 0.167. The first-order valence-corrected chi connectivity index (χ1v) is 10.7. The number of aromatic nitrogens is 3. The van der Waals surface area contributed by atoms with Gasteiger partial charge in [0.2, 0.25) is 5.78 Å². The Morgan fingerprint density at radius 1 is 1.06 bits per heavy atom. The maximum Gasteiger partial charge on any atom is 0.326 e. The van der Waals surface area contributed by atoms with E-state index in [1.54, 1.807) is 30.3 Å². The Morgan fingerprint density at radius 3 is 2.62 bits per heavy atom. The summed E-state index contributed by atoms with van der Waals surface area (Å²) >= 11 is 3.47. The van der Waals surface area contributed by atoms with Crippen LogP contribution in [0.5, 0.6) is 0 Å². The number of benzene rings is 2. The van der Waals surface area contributed by atoms with Crippen molar-refractivity contribution in [2.75, 3.05) is 6.61 Å². The number of halogens is 1. The number of fused-ring (bicyclic) bond motifs is 1. The molecule has 0 aliphatic rings. The van der Waals surface area contributed by atoms with Crippen molar-refractivity contribution in [1.82, 2.24) is 14.1 Å². The highest BCUT2D eigenvalue weighted by Gasteiger charge is 2.19. The van der Waals surface area contributed by atoms with Crippen molar-refractivity contribution >= 4 is 38.7 Å². The number of rotatable bonds is 6. The van der Waals surface area contributed by atoms with Crippen LogP contribution in [0.4, 0.5) is 0 Å². The predicted octanol–water partition coefficient (Wildman–Crippen LogP) is 3.99. The number of hydrogen-bond acceptors (Lipinski definition) is 5. The van der Waals surface area contributed by atoms with Gasteiger partial charge in [-0.2, -0.15) is 0 Å². The van der Waals surface area contributed by atoms with Gasteiger partial charge in [-0.15, -0.1) is 0 Å². The van der Waals surface area contributed by atoms with Crippen LogP contribution < -0.4 is 5.56 Å². The summed E-state index contributed by atoms with van der Waals surface area (Å²) in [5, 5.41) is 0. The summed E-state index contributed by atoms with van der Waals surface area (Å²) < 4.78 is 9.40. The van der Waals surface area contributed by atoms with Gasteiger partial charge in [0.15, 0.2) is 6.61 Å². The molecule has 2 aromatic carbocycles. The number of Topliss-reactive ketones (excluding diaryl/α,β-unsaturated/α-hetero) is 1. The standard InChI is InChI=1S/C24H20BrN3O4/c1-15-10-19(16(2)28(15)18-7-5-6-17(25)11-18)22(29)14-32-24(31)13-27-21-9-4-3-8-20(21)26-12-23(27)30/h3-12H,13-14H2,1-2H3. The molecule has 0 N–H and O–H groups in total. The third-order valence-electron chi connectivity index (χ3n) is 5.20. The molecule has 0 unspecified atom stereocenters.